The second-order valence-electron chi connectivity index (χ2n) is 5.53. The number of nitrogens with zero attached hydrogens (tertiary/aromatic N) is 2. The Morgan fingerprint density at radius 1 is 1.43 bits per heavy atom. The fourth-order valence-electron chi connectivity index (χ4n) is 2.90. The third-order valence-electron chi connectivity index (χ3n) is 4.15. The van der Waals surface area contributed by atoms with Gasteiger partial charge < -0.3 is 15.3 Å². The standard InChI is InChI=1S/C16H19N3O2/c1-19-9-3-4-11(19)10-17-15-8-7-12-13(16(20)21)5-2-6-14(12)18-15/h2,5-8,11H,3-4,9-10H2,1H3,(H,17,18)(H,20,21). The van der Waals surface area contributed by atoms with Crippen molar-refractivity contribution in [1.82, 2.24) is 9.88 Å². The topological polar surface area (TPSA) is 65.5 Å². The SMILES string of the molecule is CN1CCCC1CNc1ccc2c(C(=O)O)cccc2n1. The van der Waals surface area contributed by atoms with Crippen LogP contribution in [0.2, 0.25) is 0 Å². The Kier molecular flexibility index (Phi) is 3.75. The van der Waals surface area contributed by atoms with Crippen LogP contribution < -0.4 is 5.32 Å². The summed E-state index contributed by atoms with van der Waals surface area (Å²) in [5.41, 5.74) is 1.00. The monoisotopic (exact) mass is 285 g/mol. The van der Waals surface area contributed by atoms with Gasteiger partial charge in [0.05, 0.1) is 11.1 Å². The molecule has 2 heterocycles. The average molecular weight is 285 g/mol. The number of fused-ring (bicyclic) bond motifs is 1. The van der Waals surface area contributed by atoms with Gasteiger partial charge in [0.15, 0.2) is 0 Å². The molecule has 1 aliphatic rings. The summed E-state index contributed by atoms with van der Waals surface area (Å²) in [6.07, 6.45) is 2.45. The van der Waals surface area contributed by atoms with Gasteiger partial charge in [-0.1, -0.05) is 6.07 Å². The first-order chi connectivity index (χ1) is 10.1. The van der Waals surface area contributed by atoms with Gasteiger partial charge in [-0.15, -0.1) is 0 Å². The fraction of sp³-hybridized carbons (Fsp3) is 0.375. The Bertz CT molecular complexity index is 672. The van der Waals surface area contributed by atoms with Crippen molar-refractivity contribution < 1.29 is 9.90 Å². The summed E-state index contributed by atoms with van der Waals surface area (Å²) >= 11 is 0. The van der Waals surface area contributed by atoms with Crippen LogP contribution in [-0.4, -0.2) is 47.1 Å². The van der Waals surface area contributed by atoms with Crippen molar-refractivity contribution in [3.63, 3.8) is 0 Å². The van der Waals surface area contributed by atoms with Gasteiger partial charge in [0.2, 0.25) is 0 Å². The van der Waals surface area contributed by atoms with Gasteiger partial charge in [-0.25, -0.2) is 9.78 Å². The molecule has 1 aromatic heterocycles. The van der Waals surface area contributed by atoms with E-state index in [1.165, 1.54) is 12.8 Å². The molecule has 5 nitrogen and oxygen atoms in total. The first-order valence-electron chi connectivity index (χ1n) is 7.22. The number of pyridine rings is 1. The summed E-state index contributed by atoms with van der Waals surface area (Å²) in [7, 11) is 2.15. The maximum atomic E-state index is 11.2. The van der Waals surface area contributed by atoms with E-state index >= 15 is 0 Å². The van der Waals surface area contributed by atoms with E-state index in [4.69, 9.17) is 0 Å². The summed E-state index contributed by atoms with van der Waals surface area (Å²) in [6.45, 7) is 2.02. The minimum Gasteiger partial charge on any atom is -0.478 e. The Labute approximate surface area is 123 Å². The molecule has 21 heavy (non-hydrogen) atoms. The van der Waals surface area contributed by atoms with Crippen LogP contribution in [0.25, 0.3) is 10.9 Å². The fourth-order valence-corrected chi connectivity index (χ4v) is 2.90. The minimum atomic E-state index is -0.921. The molecule has 1 aromatic carbocycles. The number of nitrogens with one attached hydrogen (secondary N) is 1. The minimum absolute atomic E-state index is 0.294. The van der Waals surface area contributed by atoms with Crippen LogP contribution in [0, 0.1) is 0 Å². The Morgan fingerprint density at radius 2 is 2.29 bits per heavy atom. The zero-order valence-corrected chi connectivity index (χ0v) is 12.0. The molecule has 1 aliphatic heterocycles. The van der Waals surface area contributed by atoms with Crippen LogP contribution in [0.15, 0.2) is 30.3 Å². The molecule has 3 rings (SSSR count). The zero-order valence-electron chi connectivity index (χ0n) is 12.0. The summed E-state index contributed by atoms with van der Waals surface area (Å²) in [5.74, 6) is -0.124. The Morgan fingerprint density at radius 3 is 3.00 bits per heavy atom. The number of carbonyl (C=O) groups is 1. The van der Waals surface area contributed by atoms with Gasteiger partial charge in [-0.3, -0.25) is 0 Å². The predicted octanol–water partition coefficient (Wildman–Crippen LogP) is 2.44. The van der Waals surface area contributed by atoms with E-state index in [1.54, 1.807) is 12.1 Å². The molecule has 2 aromatic rings. The second kappa shape index (κ2) is 5.69. The molecule has 2 N–H and O–H groups in total. The molecule has 0 saturated carbocycles. The average Bonchev–Trinajstić information content (AvgIpc) is 2.89. The van der Waals surface area contributed by atoms with Gasteiger partial charge in [0.25, 0.3) is 0 Å². The van der Waals surface area contributed by atoms with Crippen LogP contribution in [0.3, 0.4) is 0 Å². The number of aromatic nitrogens is 1. The van der Waals surface area contributed by atoms with Gasteiger partial charge in [-0.2, -0.15) is 0 Å². The molecule has 0 spiro atoms. The first kappa shape index (κ1) is 13.8. The number of likely N-dealkylation sites (tertiary alicyclic amines) is 1. The smallest absolute Gasteiger partial charge is 0.336 e. The van der Waals surface area contributed by atoms with Crippen molar-refractivity contribution in [1.29, 1.82) is 0 Å². The lowest BCUT2D eigenvalue weighted by molar-refractivity contribution is 0.0699. The van der Waals surface area contributed by atoms with Crippen LogP contribution in [-0.2, 0) is 0 Å². The van der Waals surface area contributed by atoms with E-state index in [0.717, 1.165) is 18.9 Å². The van der Waals surface area contributed by atoms with Crippen LogP contribution in [0.4, 0.5) is 5.82 Å². The van der Waals surface area contributed by atoms with Crippen molar-refractivity contribution in [2.75, 3.05) is 25.5 Å². The molecule has 110 valence electrons. The van der Waals surface area contributed by atoms with E-state index in [0.29, 0.717) is 22.5 Å². The number of benzene rings is 1. The highest BCUT2D eigenvalue weighted by Gasteiger charge is 2.20. The van der Waals surface area contributed by atoms with E-state index in [-0.39, 0.29) is 0 Å². The number of carboxylic acid groups (broad SMARTS) is 1. The quantitative estimate of drug-likeness (QED) is 0.903. The van der Waals surface area contributed by atoms with Gasteiger partial charge in [0.1, 0.15) is 5.82 Å². The summed E-state index contributed by atoms with van der Waals surface area (Å²) in [6, 6.07) is 9.40. The van der Waals surface area contributed by atoms with Gasteiger partial charge in [0, 0.05) is 18.0 Å². The number of anilines is 1. The maximum absolute atomic E-state index is 11.2. The number of hydrogen-bond donors (Lipinski definition) is 2. The molecule has 1 atom stereocenters. The lowest BCUT2D eigenvalue weighted by Gasteiger charge is -2.20. The van der Waals surface area contributed by atoms with Crippen LogP contribution in [0.1, 0.15) is 23.2 Å². The normalized spacial score (nSPS) is 19.0. The zero-order chi connectivity index (χ0) is 14.8. The molecule has 0 amide bonds. The highest BCUT2D eigenvalue weighted by molar-refractivity contribution is 6.02. The van der Waals surface area contributed by atoms with E-state index in [9.17, 15) is 9.90 Å². The van der Waals surface area contributed by atoms with Crippen LogP contribution >= 0.6 is 0 Å². The molecule has 1 fully saturated rings. The molecule has 0 bridgehead atoms. The van der Waals surface area contributed by atoms with Crippen molar-refractivity contribution in [2.45, 2.75) is 18.9 Å². The first-order valence-corrected chi connectivity index (χ1v) is 7.22. The molecule has 0 radical (unpaired) electrons. The van der Waals surface area contributed by atoms with Crippen molar-refractivity contribution >= 4 is 22.7 Å². The number of aromatic carboxylic acids is 1. The number of carboxylic acids is 1. The molecule has 1 saturated heterocycles. The van der Waals surface area contributed by atoms with Gasteiger partial charge in [-0.05, 0) is 50.7 Å². The number of rotatable bonds is 4. The second-order valence-corrected chi connectivity index (χ2v) is 5.53. The molecule has 1 unspecified atom stereocenters. The number of hydrogen-bond acceptors (Lipinski definition) is 4. The lowest BCUT2D eigenvalue weighted by atomic mass is 10.1. The third-order valence-corrected chi connectivity index (χ3v) is 4.15. The lowest BCUT2D eigenvalue weighted by Crippen LogP contribution is -2.31. The van der Waals surface area contributed by atoms with Gasteiger partial charge >= 0.3 is 5.97 Å². The molecule has 5 heteroatoms. The van der Waals surface area contributed by atoms with E-state index < -0.39 is 5.97 Å². The Hall–Kier alpha value is -2.14. The van der Waals surface area contributed by atoms with E-state index in [2.05, 4.69) is 22.2 Å². The molecule has 0 aliphatic carbocycles. The summed E-state index contributed by atoms with van der Waals surface area (Å²) < 4.78 is 0. The van der Waals surface area contributed by atoms with Crippen molar-refractivity contribution in [3.8, 4) is 0 Å². The predicted molar refractivity (Wildman–Crippen MR) is 82.8 cm³/mol. The van der Waals surface area contributed by atoms with Crippen LogP contribution in [0.5, 0.6) is 0 Å². The number of likely N-dealkylation sites (N-methyl/N-ethyl adjacent to an activating group) is 1. The third kappa shape index (κ3) is 2.83. The van der Waals surface area contributed by atoms with Crippen molar-refractivity contribution in [3.05, 3.63) is 35.9 Å². The van der Waals surface area contributed by atoms with Crippen molar-refractivity contribution in [2.24, 2.45) is 0 Å². The molecular weight excluding hydrogens is 266 g/mol. The Balaban J connectivity index is 1.80. The van der Waals surface area contributed by atoms with E-state index in [1.807, 2.05) is 18.2 Å². The maximum Gasteiger partial charge on any atom is 0.336 e. The molecular formula is C16H19N3O2. The largest absolute Gasteiger partial charge is 0.478 e. The summed E-state index contributed by atoms with van der Waals surface area (Å²) in [4.78, 5) is 18.1. The highest BCUT2D eigenvalue weighted by Crippen LogP contribution is 2.20. The summed E-state index contributed by atoms with van der Waals surface area (Å²) in [5, 5.41) is 13.2. The highest BCUT2D eigenvalue weighted by atomic mass is 16.4.